The smallest absolute Gasteiger partial charge is 0.246 e. The van der Waals surface area contributed by atoms with E-state index in [2.05, 4.69) is 9.97 Å². The minimum atomic E-state index is -3.75. The van der Waals surface area contributed by atoms with Crippen LogP contribution in [0.25, 0.3) is 0 Å². The van der Waals surface area contributed by atoms with Gasteiger partial charge in [-0.3, -0.25) is 4.98 Å². The third-order valence-corrected chi connectivity index (χ3v) is 6.32. The molecule has 0 N–H and O–H groups in total. The van der Waals surface area contributed by atoms with Crippen LogP contribution in [0.1, 0.15) is 6.42 Å². The van der Waals surface area contributed by atoms with Gasteiger partial charge in [0.05, 0.1) is 26.0 Å². The second-order valence-corrected chi connectivity index (χ2v) is 8.64. The Labute approximate surface area is 163 Å². The van der Waals surface area contributed by atoms with Crippen molar-refractivity contribution in [1.82, 2.24) is 14.3 Å². The van der Waals surface area contributed by atoms with Crippen LogP contribution in [0.4, 0.5) is 5.82 Å². The number of ether oxygens (including phenoxy) is 2. The Bertz CT molecular complexity index is 923. The van der Waals surface area contributed by atoms with Crippen LogP contribution >= 0.6 is 11.6 Å². The number of sulfonamides is 1. The summed E-state index contributed by atoms with van der Waals surface area (Å²) in [7, 11) is 1.39. The van der Waals surface area contributed by atoms with E-state index in [1.54, 1.807) is 18.3 Å². The van der Waals surface area contributed by atoms with Crippen molar-refractivity contribution in [2.75, 3.05) is 39.2 Å². The first-order chi connectivity index (χ1) is 12.8. The fourth-order valence-electron chi connectivity index (χ4n) is 2.78. The van der Waals surface area contributed by atoms with Gasteiger partial charge >= 0.3 is 0 Å². The van der Waals surface area contributed by atoms with Crippen molar-refractivity contribution in [2.45, 2.75) is 17.4 Å². The molecule has 10 heteroatoms. The number of benzene rings is 1. The van der Waals surface area contributed by atoms with Crippen molar-refractivity contribution in [3.8, 4) is 11.6 Å². The number of hydrogen-bond donors (Lipinski definition) is 0. The number of nitrogens with zero attached hydrogens (tertiary/aromatic N) is 4. The summed E-state index contributed by atoms with van der Waals surface area (Å²) in [5.41, 5.74) is 0. The molecule has 1 aliphatic heterocycles. The lowest BCUT2D eigenvalue weighted by Crippen LogP contribution is -2.31. The van der Waals surface area contributed by atoms with Gasteiger partial charge in [-0.05, 0) is 24.6 Å². The van der Waals surface area contributed by atoms with E-state index in [0.29, 0.717) is 29.7 Å². The van der Waals surface area contributed by atoms with E-state index in [0.717, 1.165) is 0 Å². The standard InChI is InChI=1S/C17H21ClN4O4S/c1-21(2)16-9-19-10-17(20-16)26-13-6-7-22(11-13)27(23,24)15-8-12(18)4-5-14(15)25-3/h4-5,8-10,13H,6-7,11H2,1-3H3. The first-order valence-electron chi connectivity index (χ1n) is 8.31. The van der Waals surface area contributed by atoms with Gasteiger partial charge in [-0.15, -0.1) is 0 Å². The van der Waals surface area contributed by atoms with Gasteiger partial charge in [0.25, 0.3) is 0 Å². The summed E-state index contributed by atoms with van der Waals surface area (Å²) < 4.78 is 38.4. The predicted molar refractivity (Wildman–Crippen MR) is 102 cm³/mol. The molecule has 0 amide bonds. The largest absolute Gasteiger partial charge is 0.495 e. The Morgan fingerprint density at radius 1 is 1.30 bits per heavy atom. The highest BCUT2D eigenvalue weighted by molar-refractivity contribution is 7.89. The summed E-state index contributed by atoms with van der Waals surface area (Å²) in [4.78, 5) is 10.3. The maximum atomic E-state index is 13.0. The minimum absolute atomic E-state index is 0.0487. The predicted octanol–water partition coefficient (Wildman–Crippen LogP) is 2.05. The van der Waals surface area contributed by atoms with Crippen molar-refractivity contribution in [3.63, 3.8) is 0 Å². The summed E-state index contributed by atoms with van der Waals surface area (Å²) in [5.74, 6) is 1.29. The molecular formula is C17H21ClN4O4S. The summed E-state index contributed by atoms with van der Waals surface area (Å²) in [6.07, 6.45) is 3.39. The molecule has 27 heavy (non-hydrogen) atoms. The molecule has 1 unspecified atom stereocenters. The fourth-order valence-corrected chi connectivity index (χ4v) is 4.69. The highest BCUT2D eigenvalue weighted by Crippen LogP contribution is 2.31. The summed E-state index contributed by atoms with van der Waals surface area (Å²) in [6, 6.07) is 4.53. The minimum Gasteiger partial charge on any atom is -0.495 e. The van der Waals surface area contributed by atoms with Gasteiger partial charge in [0.15, 0.2) is 5.82 Å². The van der Waals surface area contributed by atoms with E-state index < -0.39 is 10.0 Å². The maximum absolute atomic E-state index is 13.0. The van der Waals surface area contributed by atoms with Crippen LogP contribution in [0.3, 0.4) is 0 Å². The summed E-state index contributed by atoms with van der Waals surface area (Å²) in [6.45, 7) is 0.551. The Hall–Kier alpha value is -2.10. The molecule has 0 radical (unpaired) electrons. The highest BCUT2D eigenvalue weighted by atomic mass is 35.5. The van der Waals surface area contributed by atoms with E-state index in [1.807, 2.05) is 19.0 Å². The average molecular weight is 413 g/mol. The van der Waals surface area contributed by atoms with Crippen LogP contribution in [-0.2, 0) is 10.0 Å². The Morgan fingerprint density at radius 2 is 2.07 bits per heavy atom. The van der Waals surface area contributed by atoms with Crippen molar-refractivity contribution < 1.29 is 17.9 Å². The van der Waals surface area contributed by atoms with Gasteiger partial charge in [-0.1, -0.05) is 11.6 Å². The molecule has 0 saturated carbocycles. The molecule has 146 valence electrons. The molecule has 0 aliphatic carbocycles. The van der Waals surface area contributed by atoms with E-state index in [1.165, 1.54) is 23.7 Å². The molecule has 1 atom stereocenters. The molecule has 0 spiro atoms. The van der Waals surface area contributed by atoms with Crippen molar-refractivity contribution in [1.29, 1.82) is 0 Å². The summed E-state index contributed by atoms with van der Waals surface area (Å²) in [5, 5.41) is 0.331. The highest BCUT2D eigenvalue weighted by Gasteiger charge is 2.35. The zero-order valence-corrected chi connectivity index (χ0v) is 16.9. The van der Waals surface area contributed by atoms with Gasteiger partial charge < -0.3 is 14.4 Å². The lowest BCUT2D eigenvalue weighted by atomic mass is 10.3. The topological polar surface area (TPSA) is 84.9 Å². The number of halogens is 1. The van der Waals surface area contributed by atoms with E-state index in [-0.39, 0.29) is 23.3 Å². The number of methoxy groups -OCH3 is 1. The van der Waals surface area contributed by atoms with E-state index in [4.69, 9.17) is 21.1 Å². The second-order valence-electron chi connectivity index (χ2n) is 6.30. The van der Waals surface area contributed by atoms with Crippen LogP contribution in [-0.4, -0.2) is 63.1 Å². The molecular weight excluding hydrogens is 392 g/mol. The van der Waals surface area contributed by atoms with Crippen LogP contribution < -0.4 is 14.4 Å². The van der Waals surface area contributed by atoms with Gasteiger partial charge in [-0.25, -0.2) is 8.42 Å². The maximum Gasteiger partial charge on any atom is 0.246 e. The third-order valence-electron chi connectivity index (χ3n) is 4.20. The van der Waals surface area contributed by atoms with E-state index in [9.17, 15) is 8.42 Å². The third kappa shape index (κ3) is 4.26. The van der Waals surface area contributed by atoms with Crippen LogP contribution in [0.5, 0.6) is 11.6 Å². The van der Waals surface area contributed by atoms with Crippen LogP contribution in [0.15, 0.2) is 35.5 Å². The van der Waals surface area contributed by atoms with Crippen LogP contribution in [0.2, 0.25) is 5.02 Å². The van der Waals surface area contributed by atoms with Crippen LogP contribution in [0, 0.1) is 0 Å². The number of aromatic nitrogens is 2. The number of rotatable bonds is 6. The van der Waals surface area contributed by atoms with Gasteiger partial charge in [0.2, 0.25) is 15.9 Å². The molecule has 2 heterocycles. The molecule has 2 aromatic rings. The SMILES string of the molecule is COc1ccc(Cl)cc1S(=O)(=O)N1CCC(Oc2cncc(N(C)C)n2)C1. The van der Waals surface area contributed by atoms with Gasteiger partial charge in [-0.2, -0.15) is 9.29 Å². The zero-order chi connectivity index (χ0) is 19.6. The average Bonchev–Trinajstić information content (AvgIpc) is 3.11. The van der Waals surface area contributed by atoms with Gasteiger partial charge in [0, 0.05) is 25.7 Å². The van der Waals surface area contributed by atoms with Crippen molar-refractivity contribution in [2.24, 2.45) is 0 Å². The lowest BCUT2D eigenvalue weighted by Gasteiger charge is -2.19. The lowest BCUT2D eigenvalue weighted by molar-refractivity contribution is 0.206. The number of anilines is 1. The second kappa shape index (κ2) is 7.87. The molecule has 8 nitrogen and oxygen atoms in total. The summed E-state index contributed by atoms with van der Waals surface area (Å²) >= 11 is 5.98. The Kier molecular flexibility index (Phi) is 5.73. The monoisotopic (exact) mass is 412 g/mol. The Balaban J connectivity index is 1.76. The normalized spacial score (nSPS) is 17.7. The Morgan fingerprint density at radius 3 is 2.78 bits per heavy atom. The molecule has 3 rings (SSSR count). The quantitative estimate of drug-likeness (QED) is 0.717. The molecule has 1 aliphatic rings. The fraction of sp³-hybridized carbons (Fsp3) is 0.412. The first-order valence-corrected chi connectivity index (χ1v) is 10.1. The molecule has 1 aromatic carbocycles. The molecule has 0 bridgehead atoms. The molecule has 1 saturated heterocycles. The van der Waals surface area contributed by atoms with Gasteiger partial charge in [0.1, 0.15) is 16.7 Å². The number of hydrogen-bond acceptors (Lipinski definition) is 7. The molecule has 1 aromatic heterocycles. The first kappa shape index (κ1) is 19.7. The van der Waals surface area contributed by atoms with Crippen molar-refractivity contribution >= 4 is 27.4 Å². The van der Waals surface area contributed by atoms with E-state index >= 15 is 0 Å². The van der Waals surface area contributed by atoms with Crippen molar-refractivity contribution in [3.05, 3.63) is 35.6 Å². The zero-order valence-electron chi connectivity index (χ0n) is 15.3. The molecule has 1 fully saturated rings.